The van der Waals surface area contributed by atoms with Crippen LogP contribution in [0, 0.1) is 10.1 Å². The van der Waals surface area contributed by atoms with Crippen molar-refractivity contribution in [2.75, 3.05) is 57.2 Å². The molecule has 0 amide bonds. The number of rotatable bonds is 12. The van der Waals surface area contributed by atoms with Crippen molar-refractivity contribution >= 4 is 28.7 Å². The molecule has 10 heteroatoms. The molecular weight excluding hydrogens is 342 g/mol. The van der Waals surface area contributed by atoms with Crippen LogP contribution in [0.1, 0.15) is 5.56 Å². The van der Waals surface area contributed by atoms with Crippen molar-refractivity contribution in [3.8, 4) is 0 Å². The van der Waals surface area contributed by atoms with Crippen molar-refractivity contribution in [1.82, 2.24) is 0 Å². The third kappa shape index (κ3) is 6.10. The molecule has 0 fully saturated rings. The number of anilines is 2. The van der Waals surface area contributed by atoms with Gasteiger partial charge >= 0.3 is 0 Å². The van der Waals surface area contributed by atoms with E-state index in [2.05, 4.69) is 5.32 Å². The van der Waals surface area contributed by atoms with Crippen LogP contribution < -0.4 is 11.1 Å². The van der Waals surface area contributed by atoms with Crippen molar-refractivity contribution in [1.29, 1.82) is 0 Å². The number of aliphatic hydroxyl groups excluding tert-OH is 2. The first-order chi connectivity index (χ1) is 11.5. The standard InChI is InChI=1S/C14H22ClN3O6/c15-11-9-12(17-2-6-24-8-4-20)14(18(21)22)10(13(11)16)1-5-23-7-3-19/h9,17,19-20H,1-8,16H2. The summed E-state index contributed by atoms with van der Waals surface area (Å²) < 4.78 is 10.2. The summed E-state index contributed by atoms with van der Waals surface area (Å²) >= 11 is 6.07. The largest absolute Gasteiger partial charge is 0.397 e. The number of nitrogen functional groups attached to an aromatic ring is 1. The fourth-order valence-electron chi connectivity index (χ4n) is 2.07. The Balaban J connectivity index is 2.92. The lowest BCUT2D eigenvalue weighted by Gasteiger charge is -2.14. The van der Waals surface area contributed by atoms with E-state index >= 15 is 0 Å². The smallest absolute Gasteiger partial charge is 0.297 e. The van der Waals surface area contributed by atoms with E-state index < -0.39 is 4.92 Å². The number of hydrogen-bond donors (Lipinski definition) is 4. The molecule has 0 heterocycles. The Kier molecular flexibility index (Phi) is 9.35. The second kappa shape index (κ2) is 11.0. The molecule has 0 unspecified atom stereocenters. The summed E-state index contributed by atoms with van der Waals surface area (Å²) in [7, 11) is 0. The number of halogens is 1. The predicted octanol–water partition coefficient (Wildman–Crippen LogP) is 0.803. The summed E-state index contributed by atoms with van der Waals surface area (Å²) in [4.78, 5) is 10.9. The van der Waals surface area contributed by atoms with Gasteiger partial charge in [-0.25, -0.2) is 0 Å². The number of nitro benzene ring substituents is 1. The van der Waals surface area contributed by atoms with Gasteiger partial charge < -0.3 is 30.7 Å². The molecule has 24 heavy (non-hydrogen) atoms. The summed E-state index contributed by atoms with van der Waals surface area (Å²) in [5.74, 6) is 0. The Hall–Kier alpha value is -1.65. The molecule has 136 valence electrons. The minimum absolute atomic E-state index is 0.0914. The Labute approximate surface area is 144 Å². The van der Waals surface area contributed by atoms with Gasteiger partial charge in [0.15, 0.2) is 0 Å². The van der Waals surface area contributed by atoms with Gasteiger partial charge in [-0.2, -0.15) is 0 Å². The molecule has 0 aliphatic carbocycles. The molecule has 5 N–H and O–H groups in total. The van der Waals surface area contributed by atoms with Gasteiger partial charge in [-0.05, 0) is 6.07 Å². The van der Waals surface area contributed by atoms with Gasteiger partial charge in [0.1, 0.15) is 5.69 Å². The van der Waals surface area contributed by atoms with E-state index in [-0.39, 0.29) is 73.7 Å². The van der Waals surface area contributed by atoms with Crippen molar-refractivity contribution in [2.45, 2.75) is 6.42 Å². The number of benzene rings is 1. The van der Waals surface area contributed by atoms with Crippen LogP contribution in [0.15, 0.2) is 6.07 Å². The molecule has 0 saturated carbocycles. The predicted molar refractivity (Wildman–Crippen MR) is 90.5 cm³/mol. The van der Waals surface area contributed by atoms with Crippen LogP contribution in [0.25, 0.3) is 0 Å². The molecule has 0 bridgehead atoms. The maximum absolute atomic E-state index is 11.5. The van der Waals surface area contributed by atoms with E-state index in [0.717, 1.165) is 0 Å². The molecule has 1 rings (SSSR count). The number of ether oxygens (including phenoxy) is 2. The Morgan fingerprint density at radius 1 is 1.21 bits per heavy atom. The first-order valence-electron chi connectivity index (χ1n) is 7.39. The minimum Gasteiger partial charge on any atom is -0.397 e. The van der Waals surface area contributed by atoms with Gasteiger partial charge in [-0.1, -0.05) is 11.6 Å². The van der Waals surface area contributed by atoms with E-state index in [1.54, 1.807) is 0 Å². The van der Waals surface area contributed by atoms with Crippen LogP contribution in [0.5, 0.6) is 0 Å². The van der Waals surface area contributed by atoms with Crippen LogP contribution in [-0.4, -0.2) is 61.3 Å². The molecule has 1 aromatic rings. The van der Waals surface area contributed by atoms with Crippen LogP contribution >= 0.6 is 11.6 Å². The van der Waals surface area contributed by atoms with Crippen molar-refractivity contribution in [3.05, 3.63) is 26.8 Å². The molecule has 0 aliphatic heterocycles. The molecule has 0 saturated heterocycles. The summed E-state index contributed by atoms with van der Waals surface area (Å²) in [6, 6.07) is 1.40. The van der Waals surface area contributed by atoms with E-state index in [1.165, 1.54) is 6.07 Å². The van der Waals surface area contributed by atoms with Gasteiger partial charge in [-0.3, -0.25) is 10.1 Å². The van der Waals surface area contributed by atoms with Crippen molar-refractivity contribution < 1.29 is 24.6 Å². The number of nitrogens with one attached hydrogen (secondary N) is 1. The average molecular weight is 364 g/mol. The highest BCUT2D eigenvalue weighted by Gasteiger charge is 2.24. The zero-order valence-electron chi connectivity index (χ0n) is 13.2. The molecule has 0 aromatic heterocycles. The molecule has 0 spiro atoms. The number of hydrogen-bond acceptors (Lipinski definition) is 8. The van der Waals surface area contributed by atoms with Gasteiger partial charge in [0, 0.05) is 13.0 Å². The minimum atomic E-state index is -0.523. The lowest BCUT2D eigenvalue weighted by atomic mass is 10.1. The quantitative estimate of drug-likeness (QED) is 0.185. The topological polar surface area (TPSA) is 140 Å². The van der Waals surface area contributed by atoms with E-state index in [9.17, 15) is 10.1 Å². The Bertz CT molecular complexity index is 544. The summed E-state index contributed by atoms with van der Waals surface area (Å²) in [5.41, 5.74) is 6.38. The van der Waals surface area contributed by atoms with Gasteiger partial charge in [0.2, 0.25) is 0 Å². The van der Waals surface area contributed by atoms with Gasteiger partial charge in [0.05, 0.1) is 60.8 Å². The summed E-state index contributed by atoms with van der Waals surface area (Å²) in [5, 5.41) is 31.9. The maximum Gasteiger partial charge on any atom is 0.297 e. The fraction of sp³-hybridized carbons (Fsp3) is 0.571. The number of nitrogens with zero attached hydrogens (tertiary/aromatic N) is 1. The van der Waals surface area contributed by atoms with Crippen LogP contribution in [0.2, 0.25) is 5.02 Å². The average Bonchev–Trinajstić information content (AvgIpc) is 2.54. The van der Waals surface area contributed by atoms with Gasteiger partial charge in [-0.15, -0.1) is 0 Å². The lowest BCUT2D eigenvalue weighted by Crippen LogP contribution is -2.14. The molecule has 1 aromatic carbocycles. The van der Waals surface area contributed by atoms with Gasteiger partial charge in [0.25, 0.3) is 5.69 Å². The third-order valence-corrected chi connectivity index (χ3v) is 3.42. The number of nitrogens with two attached hydrogens (primary N) is 1. The van der Waals surface area contributed by atoms with Crippen molar-refractivity contribution in [3.63, 3.8) is 0 Å². The monoisotopic (exact) mass is 363 g/mol. The van der Waals surface area contributed by atoms with Crippen LogP contribution in [-0.2, 0) is 15.9 Å². The van der Waals surface area contributed by atoms with E-state index in [4.69, 9.17) is 37.0 Å². The second-order valence-electron chi connectivity index (χ2n) is 4.75. The molecule has 0 aliphatic rings. The molecular formula is C14H22ClN3O6. The third-order valence-electron chi connectivity index (χ3n) is 3.11. The zero-order valence-corrected chi connectivity index (χ0v) is 13.9. The van der Waals surface area contributed by atoms with Crippen LogP contribution in [0.3, 0.4) is 0 Å². The van der Waals surface area contributed by atoms with E-state index in [1.807, 2.05) is 0 Å². The first kappa shape index (κ1) is 20.4. The fourth-order valence-corrected chi connectivity index (χ4v) is 2.29. The SMILES string of the molecule is Nc1c(Cl)cc(NCCOCCO)c([N+](=O)[O-])c1CCOCCO. The second-order valence-corrected chi connectivity index (χ2v) is 5.16. The Morgan fingerprint density at radius 3 is 2.42 bits per heavy atom. The highest BCUT2D eigenvalue weighted by Crippen LogP contribution is 2.38. The van der Waals surface area contributed by atoms with E-state index in [0.29, 0.717) is 6.54 Å². The highest BCUT2D eigenvalue weighted by molar-refractivity contribution is 6.33. The summed E-state index contributed by atoms with van der Waals surface area (Å²) in [6.07, 6.45) is 0.193. The first-order valence-corrected chi connectivity index (χ1v) is 7.77. The number of nitro groups is 1. The zero-order chi connectivity index (χ0) is 17.9. The lowest BCUT2D eigenvalue weighted by molar-refractivity contribution is -0.384. The maximum atomic E-state index is 11.5. The van der Waals surface area contributed by atoms with Crippen molar-refractivity contribution in [2.24, 2.45) is 0 Å². The number of aliphatic hydroxyl groups is 2. The Morgan fingerprint density at radius 2 is 1.83 bits per heavy atom. The highest BCUT2D eigenvalue weighted by atomic mass is 35.5. The molecule has 0 radical (unpaired) electrons. The normalized spacial score (nSPS) is 10.8. The molecule has 0 atom stereocenters. The molecule has 9 nitrogen and oxygen atoms in total. The summed E-state index contributed by atoms with van der Waals surface area (Å²) in [6.45, 7) is 0.863. The van der Waals surface area contributed by atoms with Crippen LogP contribution in [0.4, 0.5) is 17.1 Å².